The quantitative estimate of drug-likeness (QED) is 0.881. The highest BCUT2D eigenvalue weighted by atomic mass is 16.3. The fourth-order valence-corrected chi connectivity index (χ4v) is 2.74. The molecule has 1 aliphatic rings. The number of aromatic nitrogens is 3. The van der Waals surface area contributed by atoms with Crippen molar-refractivity contribution in [2.24, 2.45) is 5.92 Å². The van der Waals surface area contributed by atoms with E-state index in [-0.39, 0.29) is 12.5 Å². The Morgan fingerprint density at radius 1 is 1.36 bits per heavy atom. The third-order valence-electron chi connectivity index (χ3n) is 4.04. The summed E-state index contributed by atoms with van der Waals surface area (Å²) in [5, 5.41) is 19.3. The van der Waals surface area contributed by atoms with Crippen LogP contribution in [0.2, 0.25) is 0 Å². The highest BCUT2D eigenvalue weighted by Gasteiger charge is 2.28. The van der Waals surface area contributed by atoms with E-state index in [0.717, 1.165) is 30.0 Å². The number of aliphatic hydroxyl groups is 2. The van der Waals surface area contributed by atoms with Crippen molar-refractivity contribution in [3.63, 3.8) is 0 Å². The van der Waals surface area contributed by atoms with Gasteiger partial charge in [-0.25, -0.2) is 9.97 Å². The number of β-amino-alcohol motifs (C(OH)–C–C–N with tert-alkyl or cyclic N) is 1. The van der Waals surface area contributed by atoms with Crippen LogP contribution in [-0.4, -0.2) is 51.0 Å². The van der Waals surface area contributed by atoms with E-state index in [9.17, 15) is 10.2 Å². The molecular formula is C16H20N4O2. The molecule has 22 heavy (non-hydrogen) atoms. The van der Waals surface area contributed by atoms with Gasteiger partial charge in [-0.2, -0.15) is 0 Å². The summed E-state index contributed by atoms with van der Waals surface area (Å²) in [5.74, 6) is 1.40. The molecule has 0 unspecified atom stereocenters. The molecule has 2 N–H and O–H groups in total. The first-order chi connectivity index (χ1) is 10.7. The van der Waals surface area contributed by atoms with E-state index in [0.29, 0.717) is 12.4 Å². The minimum atomic E-state index is -0.532. The summed E-state index contributed by atoms with van der Waals surface area (Å²) >= 11 is 0. The number of pyridine rings is 1. The van der Waals surface area contributed by atoms with Crippen LogP contribution in [0.25, 0.3) is 11.4 Å². The molecule has 0 bridgehead atoms. The molecule has 0 aliphatic carbocycles. The maximum Gasteiger partial charge on any atom is 0.163 e. The van der Waals surface area contributed by atoms with Crippen LogP contribution in [0.5, 0.6) is 0 Å². The van der Waals surface area contributed by atoms with Crippen molar-refractivity contribution in [1.29, 1.82) is 0 Å². The molecular weight excluding hydrogens is 280 g/mol. The molecule has 116 valence electrons. The summed E-state index contributed by atoms with van der Waals surface area (Å²) in [4.78, 5) is 15.2. The molecule has 1 saturated heterocycles. The van der Waals surface area contributed by atoms with Crippen molar-refractivity contribution in [3.05, 3.63) is 36.3 Å². The van der Waals surface area contributed by atoms with Crippen LogP contribution in [0.4, 0.5) is 5.82 Å². The lowest BCUT2D eigenvalue weighted by Gasteiger charge is -2.36. The third-order valence-corrected chi connectivity index (χ3v) is 4.04. The van der Waals surface area contributed by atoms with Crippen molar-refractivity contribution in [2.75, 3.05) is 24.6 Å². The summed E-state index contributed by atoms with van der Waals surface area (Å²) in [5.41, 5.74) is 1.75. The van der Waals surface area contributed by atoms with E-state index in [4.69, 9.17) is 0 Å². The number of piperidine rings is 1. The minimum Gasteiger partial charge on any atom is -0.396 e. The molecule has 0 aromatic carbocycles. The predicted molar refractivity (Wildman–Crippen MR) is 83.4 cm³/mol. The molecule has 0 radical (unpaired) electrons. The first-order valence-electron chi connectivity index (χ1n) is 7.47. The van der Waals surface area contributed by atoms with Gasteiger partial charge in [0, 0.05) is 55.3 Å². The number of hydrogen-bond donors (Lipinski definition) is 2. The zero-order chi connectivity index (χ0) is 15.5. The number of aliphatic hydroxyl groups excluding tert-OH is 2. The number of hydrogen-bond acceptors (Lipinski definition) is 6. The van der Waals surface area contributed by atoms with Crippen molar-refractivity contribution >= 4 is 5.82 Å². The molecule has 0 spiro atoms. The Labute approximate surface area is 129 Å². The topological polar surface area (TPSA) is 82.4 Å². The normalized spacial score (nSPS) is 21.9. The van der Waals surface area contributed by atoms with Gasteiger partial charge < -0.3 is 15.1 Å². The Morgan fingerprint density at radius 2 is 2.23 bits per heavy atom. The third kappa shape index (κ3) is 3.08. The van der Waals surface area contributed by atoms with Crippen molar-refractivity contribution in [3.8, 4) is 11.4 Å². The van der Waals surface area contributed by atoms with Crippen molar-refractivity contribution in [1.82, 2.24) is 15.0 Å². The van der Waals surface area contributed by atoms with Gasteiger partial charge in [0.15, 0.2) is 5.82 Å². The lowest BCUT2D eigenvalue weighted by molar-refractivity contribution is 0.0546. The van der Waals surface area contributed by atoms with E-state index >= 15 is 0 Å². The van der Waals surface area contributed by atoms with E-state index in [1.54, 1.807) is 12.4 Å². The monoisotopic (exact) mass is 300 g/mol. The predicted octanol–water partition coefficient (Wildman–Crippen LogP) is 1.03. The Bertz CT molecular complexity index is 635. The SMILES string of the molecule is Cc1cc(N2CC[C@H](CO)[C@@H](O)C2)nc(-c2cccnc2)n1. The molecule has 1 aliphatic heterocycles. The fourth-order valence-electron chi connectivity index (χ4n) is 2.74. The van der Waals surface area contributed by atoms with E-state index in [1.807, 2.05) is 30.0 Å². The Morgan fingerprint density at radius 3 is 2.91 bits per heavy atom. The summed E-state index contributed by atoms with van der Waals surface area (Å²) in [7, 11) is 0. The molecule has 2 aromatic rings. The summed E-state index contributed by atoms with van der Waals surface area (Å²) < 4.78 is 0. The molecule has 6 heteroatoms. The van der Waals surface area contributed by atoms with Crippen LogP contribution in [0.3, 0.4) is 0 Å². The molecule has 6 nitrogen and oxygen atoms in total. The van der Waals surface area contributed by atoms with Crippen LogP contribution < -0.4 is 4.90 Å². The standard InChI is InChI=1S/C16H20N4O2/c1-11-7-15(20-6-4-13(10-21)14(22)9-20)19-16(18-11)12-3-2-5-17-8-12/h2-3,5,7-8,13-14,21-22H,4,6,9-10H2,1H3/t13-,14+/m1/s1. The Hall–Kier alpha value is -2.05. The molecule has 3 rings (SSSR count). The summed E-state index contributed by atoms with van der Waals surface area (Å²) in [6.07, 6.45) is 3.68. The Kier molecular flexibility index (Phi) is 4.31. The van der Waals surface area contributed by atoms with Gasteiger partial charge in [-0.1, -0.05) is 0 Å². The van der Waals surface area contributed by atoms with Gasteiger partial charge in [-0.05, 0) is 25.5 Å². The van der Waals surface area contributed by atoms with Crippen molar-refractivity contribution < 1.29 is 10.2 Å². The largest absolute Gasteiger partial charge is 0.396 e. The maximum absolute atomic E-state index is 10.1. The lowest BCUT2D eigenvalue weighted by atomic mass is 9.95. The van der Waals surface area contributed by atoms with Crippen LogP contribution in [0, 0.1) is 12.8 Å². The number of aryl methyl sites for hydroxylation is 1. The number of rotatable bonds is 3. The summed E-state index contributed by atoms with van der Waals surface area (Å²) in [6.45, 7) is 3.21. The molecule has 2 atom stereocenters. The first-order valence-corrected chi connectivity index (χ1v) is 7.47. The summed E-state index contributed by atoms with van der Waals surface area (Å²) in [6, 6.07) is 5.71. The van der Waals surface area contributed by atoms with Crippen LogP contribution in [0.15, 0.2) is 30.6 Å². The highest BCUT2D eigenvalue weighted by Crippen LogP contribution is 2.24. The average molecular weight is 300 g/mol. The minimum absolute atomic E-state index is 0.0265. The lowest BCUT2D eigenvalue weighted by Crippen LogP contribution is -2.45. The van der Waals surface area contributed by atoms with E-state index in [1.165, 1.54) is 0 Å². The highest BCUT2D eigenvalue weighted by molar-refractivity contribution is 5.56. The van der Waals surface area contributed by atoms with E-state index < -0.39 is 6.10 Å². The van der Waals surface area contributed by atoms with Crippen LogP contribution in [0.1, 0.15) is 12.1 Å². The number of nitrogens with zero attached hydrogens (tertiary/aromatic N) is 4. The van der Waals surface area contributed by atoms with Gasteiger partial charge in [0.1, 0.15) is 5.82 Å². The van der Waals surface area contributed by atoms with Crippen molar-refractivity contribution in [2.45, 2.75) is 19.4 Å². The van der Waals surface area contributed by atoms with E-state index in [2.05, 4.69) is 15.0 Å². The maximum atomic E-state index is 10.1. The van der Waals surface area contributed by atoms with Gasteiger partial charge in [-0.3, -0.25) is 4.98 Å². The second-order valence-electron chi connectivity index (χ2n) is 5.68. The van der Waals surface area contributed by atoms with Crippen LogP contribution in [-0.2, 0) is 0 Å². The molecule has 2 aromatic heterocycles. The second-order valence-corrected chi connectivity index (χ2v) is 5.68. The zero-order valence-corrected chi connectivity index (χ0v) is 12.6. The molecule has 0 saturated carbocycles. The van der Waals surface area contributed by atoms with Gasteiger partial charge in [0.25, 0.3) is 0 Å². The zero-order valence-electron chi connectivity index (χ0n) is 12.6. The van der Waals surface area contributed by atoms with Gasteiger partial charge in [0.05, 0.1) is 6.10 Å². The first kappa shape index (κ1) is 14.9. The van der Waals surface area contributed by atoms with Gasteiger partial charge in [-0.15, -0.1) is 0 Å². The van der Waals surface area contributed by atoms with Gasteiger partial charge >= 0.3 is 0 Å². The fraction of sp³-hybridized carbons (Fsp3) is 0.438. The smallest absolute Gasteiger partial charge is 0.163 e. The molecule has 3 heterocycles. The molecule has 1 fully saturated rings. The van der Waals surface area contributed by atoms with Gasteiger partial charge in [0.2, 0.25) is 0 Å². The second kappa shape index (κ2) is 6.37. The molecule has 0 amide bonds. The number of anilines is 1. The van der Waals surface area contributed by atoms with Crippen LogP contribution >= 0.6 is 0 Å². The Balaban J connectivity index is 1.87. The average Bonchev–Trinajstić information content (AvgIpc) is 2.55.